The second-order valence-corrected chi connectivity index (χ2v) is 8.87. The molecular weight excluding hydrogens is 412 g/mol. The first-order valence-electron chi connectivity index (χ1n) is 10.2. The van der Waals surface area contributed by atoms with Gasteiger partial charge in [0.15, 0.2) is 0 Å². The van der Waals surface area contributed by atoms with Crippen LogP contribution in [0.25, 0.3) is 21.1 Å². The number of rotatable bonds is 5. The lowest BCUT2D eigenvalue weighted by Gasteiger charge is -2.14. The van der Waals surface area contributed by atoms with Gasteiger partial charge in [-0.1, -0.05) is 0 Å². The number of methoxy groups -OCH3 is 2. The number of aromatic nitrogens is 2. The fourth-order valence-electron chi connectivity index (χ4n) is 4.17. The number of aryl methyl sites for hydroxylation is 1. The Morgan fingerprint density at radius 3 is 2.68 bits per heavy atom. The molecule has 0 saturated carbocycles. The van der Waals surface area contributed by atoms with E-state index in [1.165, 1.54) is 11.3 Å². The predicted molar refractivity (Wildman–Crippen MR) is 123 cm³/mol. The SMILES string of the molecule is COC1CN(C(=O)c2cc3nccc(Nc4ccc5[nH]c(C)cc5c4)c3s2)CC1OC. The second-order valence-electron chi connectivity index (χ2n) is 7.82. The third-order valence-electron chi connectivity index (χ3n) is 5.77. The third-order valence-corrected chi connectivity index (χ3v) is 6.91. The van der Waals surface area contributed by atoms with Gasteiger partial charge in [-0.05, 0) is 43.3 Å². The number of carbonyl (C=O) groups is 1. The van der Waals surface area contributed by atoms with Crippen LogP contribution in [-0.2, 0) is 9.47 Å². The first-order valence-corrected chi connectivity index (χ1v) is 11.0. The number of carbonyl (C=O) groups excluding carboxylic acids is 1. The van der Waals surface area contributed by atoms with Crippen LogP contribution in [0.5, 0.6) is 0 Å². The minimum atomic E-state index is -0.106. The highest BCUT2D eigenvalue weighted by Gasteiger charge is 2.36. The van der Waals surface area contributed by atoms with Gasteiger partial charge in [-0.2, -0.15) is 0 Å². The lowest BCUT2D eigenvalue weighted by atomic mass is 10.2. The quantitative estimate of drug-likeness (QED) is 0.487. The third kappa shape index (κ3) is 3.67. The minimum Gasteiger partial charge on any atom is -0.377 e. The minimum absolute atomic E-state index is 0.0141. The van der Waals surface area contributed by atoms with Crippen molar-refractivity contribution in [3.8, 4) is 0 Å². The van der Waals surface area contributed by atoms with E-state index in [2.05, 4.69) is 33.5 Å². The van der Waals surface area contributed by atoms with Crippen molar-refractivity contribution in [3.63, 3.8) is 0 Å². The number of H-pyrrole nitrogens is 1. The summed E-state index contributed by atoms with van der Waals surface area (Å²) in [4.78, 5) is 23.4. The highest BCUT2D eigenvalue weighted by Crippen LogP contribution is 2.34. The Labute approximate surface area is 184 Å². The summed E-state index contributed by atoms with van der Waals surface area (Å²) in [5.41, 5.74) is 4.98. The molecule has 0 bridgehead atoms. The smallest absolute Gasteiger partial charge is 0.264 e. The number of benzene rings is 1. The number of ether oxygens (including phenoxy) is 2. The van der Waals surface area contributed by atoms with Crippen molar-refractivity contribution in [2.24, 2.45) is 0 Å². The second kappa shape index (κ2) is 7.96. The van der Waals surface area contributed by atoms with Crippen LogP contribution < -0.4 is 5.32 Å². The summed E-state index contributed by atoms with van der Waals surface area (Å²) >= 11 is 1.46. The Kier molecular flexibility index (Phi) is 5.13. The van der Waals surface area contributed by atoms with Gasteiger partial charge in [0.05, 0.1) is 20.8 Å². The van der Waals surface area contributed by atoms with E-state index < -0.39 is 0 Å². The van der Waals surface area contributed by atoms with E-state index >= 15 is 0 Å². The normalized spacial score (nSPS) is 18.9. The number of likely N-dealkylation sites (tertiary alicyclic amines) is 1. The van der Waals surface area contributed by atoms with Gasteiger partial charge >= 0.3 is 0 Å². The van der Waals surface area contributed by atoms with Crippen LogP contribution in [0.1, 0.15) is 15.4 Å². The maximum absolute atomic E-state index is 13.1. The number of fused-ring (bicyclic) bond motifs is 2. The molecule has 2 N–H and O–H groups in total. The lowest BCUT2D eigenvalue weighted by molar-refractivity contribution is -0.00461. The van der Waals surface area contributed by atoms with Gasteiger partial charge in [0.1, 0.15) is 12.2 Å². The van der Waals surface area contributed by atoms with Gasteiger partial charge in [0, 0.05) is 55.8 Å². The van der Waals surface area contributed by atoms with Crippen molar-refractivity contribution in [1.29, 1.82) is 0 Å². The van der Waals surface area contributed by atoms with Crippen LogP contribution in [-0.4, -0.2) is 60.3 Å². The molecular formula is C23H24N4O3S. The molecule has 1 aromatic carbocycles. The maximum Gasteiger partial charge on any atom is 0.264 e. The molecule has 2 atom stereocenters. The molecule has 160 valence electrons. The van der Waals surface area contributed by atoms with Crippen LogP contribution in [0.3, 0.4) is 0 Å². The van der Waals surface area contributed by atoms with Gasteiger partial charge in [-0.3, -0.25) is 9.78 Å². The van der Waals surface area contributed by atoms with E-state index in [-0.39, 0.29) is 18.1 Å². The number of thiophene rings is 1. The number of hydrogen-bond donors (Lipinski definition) is 2. The average molecular weight is 437 g/mol. The Morgan fingerprint density at radius 1 is 1.16 bits per heavy atom. The largest absolute Gasteiger partial charge is 0.377 e. The van der Waals surface area contributed by atoms with E-state index in [1.54, 1.807) is 25.3 Å². The number of aromatic amines is 1. The van der Waals surface area contributed by atoms with Crippen molar-refractivity contribution in [2.75, 3.05) is 32.6 Å². The zero-order valence-electron chi connectivity index (χ0n) is 17.6. The van der Waals surface area contributed by atoms with Gasteiger partial charge in [0.2, 0.25) is 0 Å². The Bertz CT molecular complexity index is 1250. The molecule has 4 heterocycles. The summed E-state index contributed by atoms with van der Waals surface area (Å²) in [6.07, 6.45) is 1.55. The van der Waals surface area contributed by atoms with Crippen molar-refractivity contribution in [1.82, 2.24) is 14.9 Å². The zero-order valence-corrected chi connectivity index (χ0v) is 18.5. The lowest BCUT2D eigenvalue weighted by Crippen LogP contribution is -2.29. The van der Waals surface area contributed by atoms with Crippen molar-refractivity contribution < 1.29 is 14.3 Å². The number of anilines is 2. The molecule has 0 aliphatic carbocycles. The number of hydrogen-bond acceptors (Lipinski definition) is 6. The monoisotopic (exact) mass is 436 g/mol. The van der Waals surface area contributed by atoms with Gasteiger partial charge < -0.3 is 24.7 Å². The molecule has 0 spiro atoms. The summed E-state index contributed by atoms with van der Waals surface area (Å²) < 4.78 is 11.9. The molecule has 1 aliphatic heterocycles. The molecule has 1 fully saturated rings. The summed E-state index contributed by atoms with van der Waals surface area (Å²) in [6, 6.07) is 12.2. The molecule has 2 unspecified atom stereocenters. The summed E-state index contributed by atoms with van der Waals surface area (Å²) in [6.45, 7) is 3.10. The topological polar surface area (TPSA) is 79.5 Å². The van der Waals surface area contributed by atoms with E-state index in [0.29, 0.717) is 18.0 Å². The molecule has 7 nitrogen and oxygen atoms in total. The summed E-state index contributed by atoms with van der Waals surface area (Å²) in [5, 5.41) is 4.65. The summed E-state index contributed by atoms with van der Waals surface area (Å²) in [5.74, 6) is -0.0141. The Balaban J connectivity index is 1.42. The first-order chi connectivity index (χ1) is 15.1. The van der Waals surface area contributed by atoms with Gasteiger partial charge in [-0.25, -0.2) is 0 Å². The fourth-order valence-corrected chi connectivity index (χ4v) is 5.22. The Hall–Kier alpha value is -2.94. The van der Waals surface area contributed by atoms with E-state index in [1.807, 2.05) is 25.1 Å². The molecule has 4 aromatic rings. The van der Waals surface area contributed by atoms with Crippen molar-refractivity contribution in [2.45, 2.75) is 19.1 Å². The highest BCUT2D eigenvalue weighted by atomic mass is 32.1. The van der Waals surface area contributed by atoms with Gasteiger partial charge in [-0.15, -0.1) is 11.3 Å². The number of amides is 1. The predicted octanol–water partition coefficient (Wildman–Crippen LogP) is 4.32. The van der Waals surface area contributed by atoms with Crippen LogP contribution in [0.2, 0.25) is 0 Å². The molecule has 3 aromatic heterocycles. The van der Waals surface area contributed by atoms with E-state index in [4.69, 9.17) is 9.47 Å². The number of nitrogens with one attached hydrogen (secondary N) is 2. The van der Waals surface area contributed by atoms with Crippen LogP contribution in [0.15, 0.2) is 42.6 Å². The molecule has 0 radical (unpaired) electrons. The highest BCUT2D eigenvalue weighted by molar-refractivity contribution is 7.21. The number of pyridine rings is 1. The number of nitrogens with zero attached hydrogens (tertiary/aromatic N) is 2. The van der Waals surface area contributed by atoms with Crippen LogP contribution >= 0.6 is 11.3 Å². The molecule has 31 heavy (non-hydrogen) atoms. The van der Waals surface area contributed by atoms with Crippen molar-refractivity contribution >= 4 is 49.7 Å². The van der Waals surface area contributed by atoms with Gasteiger partial charge in [0.25, 0.3) is 5.91 Å². The zero-order chi connectivity index (χ0) is 21.5. The Morgan fingerprint density at radius 2 is 1.94 bits per heavy atom. The van der Waals surface area contributed by atoms with E-state index in [0.717, 1.165) is 38.2 Å². The van der Waals surface area contributed by atoms with E-state index in [9.17, 15) is 4.79 Å². The van der Waals surface area contributed by atoms with Crippen LogP contribution in [0.4, 0.5) is 11.4 Å². The molecule has 1 aliphatic rings. The molecule has 5 rings (SSSR count). The maximum atomic E-state index is 13.1. The average Bonchev–Trinajstić information content (AvgIpc) is 3.48. The standard InChI is InChI=1S/C23H24N4O3S/c1-13-8-14-9-15(4-5-16(14)25-13)26-17-6-7-24-18-10-21(31-22(17)18)23(28)27-11-19(29-2)20(12-27)30-3/h4-10,19-20,25H,11-12H2,1-3H3,(H,24,26). The van der Waals surface area contributed by atoms with Crippen LogP contribution in [0, 0.1) is 6.92 Å². The van der Waals surface area contributed by atoms with Crippen molar-refractivity contribution in [3.05, 3.63) is 53.2 Å². The summed E-state index contributed by atoms with van der Waals surface area (Å²) in [7, 11) is 3.30. The molecule has 1 saturated heterocycles. The molecule has 8 heteroatoms. The first kappa shape index (κ1) is 20.0. The molecule has 1 amide bonds. The fraction of sp³-hybridized carbons (Fsp3) is 0.304.